The Morgan fingerprint density at radius 3 is 2.40 bits per heavy atom. The maximum atomic E-state index is 11.9. The first-order valence-corrected chi connectivity index (χ1v) is 8.92. The summed E-state index contributed by atoms with van der Waals surface area (Å²) in [4.78, 5) is 23.5. The summed E-state index contributed by atoms with van der Waals surface area (Å²) in [6.45, 7) is 7.06. The van der Waals surface area contributed by atoms with Crippen molar-refractivity contribution in [1.82, 2.24) is 21.3 Å². The predicted octanol–water partition coefficient (Wildman–Crippen LogP) is 2.02. The van der Waals surface area contributed by atoms with E-state index >= 15 is 0 Å². The Balaban J connectivity index is 1.68. The molecule has 0 radical (unpaired) electrons. The number of anilines is 1. The van der Waals surface area contributed by atoms with Crippen molar-refractivity contribution < 1.29 is 9.59 Å². The van der Waals surface area contributed by atoms with Crippen LogP contribution in [0.3, 0.4) is 0 Å². The number of nitrogens with one attached hydrogen (secondary N) is 5. The maximum Gasteiger partial charge on any atom is 0.319 e. The second kappa shape index (κ2) is 9.88. The van der Waals surface area contributed by atoms with Gasteiger partial charge in [-0.15, -0.1) is 0 Å². The number of carbonyl (C=O) groups excluding carboxylic acids is 2. The van der Waals surface area contributed by atoms with Crippen LogP contribution in [0.25, 0.3) is 0 Å². The Bertz CT molecular complexity index is 553. The van der Waals surface area contributed by atoms with Crippen molar-refractivity contribution in [3.05, 3.63) is 29.8 Å². The quantitative estimate of drug-likeness (QED) is 0.545. The molecule has 138 valence electrons. The molecule has 0 spiro atoms. The molecule has 0 unspecified atom stereocenters. The topological polar surface area (TPSA) is 94.3 Å². The van der Waals surface area contributed by atoms with Crippen LogP contribution in [0.15, 0.2) is 24.3 Å². The van der Waals surface area contributed by atoms with Gasteiger partial charge < -0.3 is 26.6 Å². The maximum absolute atomic E-state index is 11.9. The molecule has 2 rings (SSSR count). The minimum atomic E-state index is -0.224. The Hall–Kier alpha value is -2.28. The third-order valence-electron chi connectivity index (χ3n) is 4.09. The average molecular weight is 347 g/mol. The smallest absolute Gasteiger partial charge is 0.319 e. The minimum absolute atomic E-state index is 0.0897. The first-order chi connectivity index (χ1) is 12.0. The lowest BCUT2D eigenvalue weighted by Gasteiger charge is -2.22. The summed E-state index contributed by atoms with van der Waals surface area (Å²) in [6.07, 6.45) is 2.22. The number of amides is 4. The van der Waals surface area contributed by atoms with Gasteiger partial charge in [-0.1, -0.05) is 12.1 Å². The van der Waals surface area contributed by atoms with Gasteiger partial charge in [0.2, 0.25) is 0 Å². The van der Waals surface area contributed by atoms with Gasteiger partial charge in [0.15, 0.2) is 0 Å². The van der Waals surface area contributed by atoms with Crippen LogP contribution in [0, 0.1) is 5.92 Å². The van der Waals surface area contributed by atoms with Crippen LogP contribution in [-0.2, 0) is 6.54 Å². The van der Waals surface area contributed by atoms with Gasteiger partial charge in [0.1, 0.15) is 0 Å². The lowest BCUT2D eigenvalue weighted by molar-refractivity contribution is 0.236. The van der Waals surface area contributed by atoms with E-state index < -0.39 is 0 Å². The lowest BCUT2D eigenvalue weighted by Crippen LogP contribution is -2.40. The van der Waals surface area contributed by atoms with Gasteiger partial charge in [-0.3, -0.25) is 0 Å². The Morgan fingerprint density at radius 1 is 1.08 bits per heavy atom. The van der Waals surface area contributed by atoms with E-state index in [-0.39, 0.29) is 18.1 Å². The summed E-state index contributed by atoms with van der Waals surface area (Å²) in [5.41, 5.74) is 1.70. The van der Waals surface area contributed by atoms with E-state index in [0.29, 0.717) is 12.5 Å². The van der Waals surface area contributed by atoms with Crippen LogP contribution in [0.4, 0.5) is 15.3 Å². The summed E-state index contributed by atoms with van der Waals surface area (Å²) >= 11 is 0. The molecule has 0 aromatic heterocycles. The highest BCUT2D eigenvalue weighted by atomic mass is 16.2. The zero-order valence-corrected chi connectivity index (χ0v) is 15.0. The molecule has 5 N–H and O–H groups in total. The van der Waals surface area contributed by atoms with Gasteiger partial charge in [0.05, 0.1) is 0 Å². The average Bonchev–Trinajstić information content (AvgIpc) is 2.59. The van der Waals surface area contributed by atoms with Crippen molar-refractivity contribution in [3.63, 3.8) is 0 Å². The van der Waals surface area contributed by atoms with E-state index in [4.69, 9.17) is 0 Å². The van der Waals surface area contributed by atoms with Crippen molar-refractivity contribution in [2.45, 2.75) is 39.3 Å². The molecule has 1 saturated heterocycles. The summed E-state index contributed by atoms with van der Waals surface area (Å²) in [7, 11) is 0. The molecule has 1 heterocycles. The molecular weight excluding hydrogens is 318 g/mol. The molecule has 1 aliphatic heterocycles. The molecule has 1 aliphatic rings. The second-order valence-corrected chi connectivity index (χ2v) is 6.71. The van der Waals surface area contributed by atoms with Crippen molar-refractivity contribution >= 4 is 17.7 Å². The van der Waals surface area contributed by atoms with E-state index in [2.05, 4.69) is 26.6 Å². The second-order valence-electron chi connectivity index (χ2n) is 6.71. The van der Waals surface area contributed by atoms with E-state index in [1.807, 2.05) is 38.1 Å². The van der Waals surface area contributed by atoms with Crippen LogP contribution in [0.1, 0.15) is 32.3 Å². The van der Waals surface area contributed by atoms with Crippen molar-refractivity contribution in [2.24, 2.45) is 5.92 Å². The number of piperidine rings is 1. The fourth-order valence-electron chi connectivity index (χ4n) is 2.70. The first-order valence-electron chi connectivity index (χ1n) is 8.92. The molecule has 4 amide bonds. The SMILES string of the molecule is CC(C)NC(=O)Nc1ccc(CNC(=O)NCC2CCNCC2)cc1. The normalized spacial score (nSPS) is 14.8. The molecule has 0 atom stereocenters. The highest BCUT2D eigenvalue weighted by Crippen LogP contribution is 2.10. The molecule has 25 heavy (non-hydrogen) atoms. The molecule has 1 aromatic carbocycles. The molecule has 1 aromatic rings. The number of hydrogen-bond donors (Lipinski definition) is 5. The zero-order valence-electron chi connectivity index (χ0n) is 15.0. The predicted molar refractivity (Wildman–Crippen MR) is 99.6 cm³/mol. The van der Waals surface area contributed by atoms with Crippen LogP contribution >= 0.6 is 0 Å². The van der Waals surface area contributed by atoms with Gasteiger partial charge in [-0.25, -0.2) is 9.59 Å². The van der Waals surface area contributed by atoms with Crippen molar-refractivity contribution in [3.8, 4) is 0 Å². The van der Waals surface area contributed by atoms with Crippen LogP contribution < -0.4 is 26.6 Å². The monoisotopic (exact) mass is 347 g/mol. The summed E-state index contributed by atoms with van der Waals surface area (Å²) < 4.78 is 0. The highest BCUT2D eigenvalue weighted by Gasteiger charge is 2.13. The Kier molecular flexibility index (Phi) is 7.53. The van der Waals surface area contributed by atoms with Crippen LogP contribution in [-0.4, -0.2) is 37.7 Å². The fraction of sp³-hybridized carbons (Fsp3) is 0.556. The molecule has 0 bridgehead atoms. The van der Waals surface area contributed by atoms with Gasteiger partial charge in [0.25, 0.3) is 0 Å². The summed E-state index contributed by atoms with van der Waals surface area (Å²) in [5.74, 6) is 0.564. The number of urea groups is 2. The number of hydrogen-bond acceptors (Lipinski definition) is 3. The van der Waals surface area contributed by atoms with Gasteiger partial charge >= 0.3 is 12.1 Å². The summed E-state index contributed by atoms with van der Waals surface area (Å²) in [5, 5.41) is 14.6. The minimum Gasteiger partial charge on any atom is -0.338 e. The first kappa shape index (κ1) is 19.1. The molecule has 1 fully saturated rings. The van der Waals surface area contributed by atoms with Gasteiger partial charge in [-0.05, 0) is 63.4 Å². The van der Waals surface area contributed by atoms with Crippen LogP contribution in [0.2, 0.25) is 0 Å². The van der Waals surface area contributed by atoms with Crippen molar-refractivity contribution in [2.75, 3.05) is 25.0 Å². The molecule has 0 aliphatic carbocycles. The van der Waals surface area contributed by atoms with Crippen molar-refractivity contribution in [1.29, 1.82) is 0 Å². The summed E-state index contributed by atoms with van der Waals surface area (Å²) in [6, 6.07) is 7.14. The lowest BCUT2D eigenvalue weighted by atomic mass is 9.98. The van der Waals surface area contributed by atoms with Gasteiger partial charge in [0, 0.05) is 24.8 Å². The Morgan fingerprint density at radius 2 is 1.76 bits per heavy atom. The molecule has 0 saturated carbocycles. The Labute approximate surface area is 149 Å². The van der Waals surface area contributed by atoms with E-state index in [1.165, 1.54) is 0 Å². The number of carbonyl (C=O) groups is 2. The van der Waals surface area contributed by atoms with E-state index in [9.17, 15) is 9.59 Å². The number of benzene rings is 1. The van der Waals surface area contributed by atoms with Crippen LogP contribution in [0.5, 0.6) is 0 Å². The molecule has 7 nitrogen and oxygen atoms in total. The largest absolute Gasteiger partial charge is 0.338 e. The third-order valence-corrected chi connectivity index (χ3v) is 4.09. The molecular formula is C18H29N5O2. The van der Waals surface area contributed by atoms with E-state index in [0.717, 1.165) is 43.7 Å². The third kappa shape index (κ3) is 7.43. The number of rotatable bonds is 6. The van der Waals surface area contributed by atoms with Gasteiger partial charge in [-0.2, -0.15) is 0 Å². The standard InChI is InChI=1S/C18H29N5O2/c1-13(2)22-18(25)23-16-5-3-14(4-6-16)11-20-17(24)21-12-15-7-9-19-10-8-15/h3-6,13,15,19H,7-12H2,1-2H3,(H2,20,21,24)(H2,22,23,25). The van der Waals surface area contributed by atoms with E-state index in [1.54, 1.807) is 0 Å². The fourth-order valence-corrected chi connectivity index (χ4v) is 2.70. The highest BCUT2D eigenvalue weighted by molar-refractivity contribution is 5.89. The zero-order chi connectivity index (χ0) is 18.1. The molecule has 7 heteroatoms.